The lowest BCUT2D eigenvalue weighted by Crippen LogP contribution is -2.35. The summed E-state index contributed by atoms with van der Waals surface area (Å²) in [6.07, 6.45) is 1.26. The number of methoxy groups -OCH3 is 1. The summed E-state index contributed by atoms with van der Waals surface area (Å²) in [5.41, 5.74) is 0.0595. The van der Waals surface area contributed by atoms with Crippen molar-refractivity contribution in [1.82, 2.24) is 14.8 Å². The molecule has 0 bridgehead atoms. The number of carbonyl (C=O) groups excluding carboxylic acids is 2. The highest BCUT2D eigenvalue weighted by molar-refractivity contribution is 7.18. The first-order chi connectivity index (χ1) is 16.4. The molecule has 0 spiro atoms. The molecule has 4 rings (SSSR count). The molecule has 3 amide bonds. The first kappa shape index (κ1) is 23.9. The van der Waals surface area contributed by atoms with E-state index in [4.69, 9.17) is 16.3 Å². The number of amides is 3. The van der Waals surface area contributed by atoms with Crippen LogP contribution in [0.4, 0.5) is 14.9 Å². The number of pyridine rings is 1. The standard InChI is InChI=1S/C23H22ClFN4O4S/c1-33-18-13-28(12-14(18)11-26-22(31)19-7-8-20(24)34-19)23(32)27-17-6-5-15(10-16(17)25)29-9-3-2-4-21(29)30/h2-10,14,18H,11-13H2,1H3,(H,26,31)(H,27,32)/t14-,18-/m1/s1. The molecule has 0 saturated carbocycles. The molecule has 1 fully saturated rings. The maximum absolute atomic E-state index is 14.7. The maximum atomic E-state index is 14.7. The Morgan fingerprint density at radius 3 is 2.71 bits per heavy atom. The molecule has 1 saturated heterocycles. The van der Waals surface area contributed by atoms with E-state index in [1.165, 1.54) is 45.2 Å². The highest BCUT2D eigenvalue weighted by atomic mass is 35.5. The lowest BCUT2D eigenvalue weighted by molar-refractivity contribution is 0.0760. The fraction of sp³-hybridized carbons (Fsp3) is 0.261. The van der Waals surface area contributed by atoms with Gasteiger partial charge < -0.3 is 20.3 Å². The third kappa shape index (κ3) is 5.30. The highest BCUT2D eigenvalue weighted by Crippen LogP contribution is 2.24. The summed E-state index contributed by atoms with van der Waals surface area (Å²) in [5.74, 6) is -1.04. The van der Waals surface area contributed by atoms with Gasteiger partial charge in [-0.1, -0.05) is 17.7 Å². The van der Waals surface area contributed by atoms with Gasteiger partial charge in [-0.3, -0.25) is 14.2 Å². The number of nitrogens with zero attached hydrogens (tertiary/aromatic N) is 2. The minimum absolute atomic E-state index is 0.00183. The molecule has 1 aliphatic rings. The first-order valence-corrected chi connectivity index (χ1v) is 11.6. The van der Waals surface area contributed by atoms with Crippen LogP contribution in [-0.4, -0.2) is 54.3 Å². The Hall–Kier alpha value is -3.21. The van der Waals surface area contributed by atoms with Gasteiger partial charge in [-0.15, -0.1) is 11.3 Å². The molecule has 2 N–H and O–H groups in total. The smallest absolute Gasteiger partial charge is 0.322 e. The zero-order chi connectivity index (χ0) is 24.2. The van der Waals surface area contributed by atoms with E-state index in [0.29, 0.717) is 34.5 Å². The minimum Gasteiger partial charge on any atom is -0.379 e. The number of likely N-dealkylation sites (tertiary alicyclic amines) is 1. The fourth-order valence-electron chi connectivity index (χ4n) is 3.81. The van der Waals surface area contributed by atoms with Crippen LogP contribution in [0.15, 0.2) is 59.5 Å². The van der Waals surface area contributed by atoms with E-state index >= 15 is 0 Å². The van der Waals surface area contributed by atoms with Crippen LogP contribution in [0, 0.1) is 11.7 Å². The van der Waals surface area contributed by atoms with Crippen molar-refractivity contribution in [2.24, 2.45) is 5.92 Å². The van der Waals surface area contributed by atoms with Gasteiger partial charge in [-0.25, -0.2) is 9.18 Å². The van der Waals surface area contributed by atoms with Crippen molar-refractivity contribution in [2.75, 3.05) is 32.1 Å². The Labute approximate surface area is 203 Å². The quantitative estimate of drug-likeness (QED) is 0.536. The number of carbonyl (C=O) groups is 2. The topological polar surface area (TPSA) is 92.7 Å². The summed E-state index contributed by atoms with van der Waals surface area (Å²) in [7, 11) is 1.55. The summed E-state index contributed by atoms with van der Waals surface area (Å²) < 4.78 is 22.0. The molecule has 34 heavy (non-hydrogen) atoms. The largest absolute Gasteiger partial charge is 0.379 e. The van der Waals surface area contributed by atoms with Crippen molar-refractivity contribution in [1.29, 1.82) is 0 Å². The van der Waals surface area contributed by atoms with Crippen LogP contribution in [-0.2, 0) is 4.74 Å². The average Bonchev–Trinajstić information content (AvgIpc) is 3.45. The molecular formula is C23H22ClFN4O4S. The lowest BCUT2D eigenvalue weighted by Gasteiger charge is -2.18. The van der Waals surface area contributed by atoms with E-state index in [2.05, 4.69) is 10.6 Å². The molecule has 3 aromatic rings. The van der Waals surface area contributed by atoms with Gasteiger partial charge in [0, 0.05) is 51.0 Å². The van der Waals surface area contributed by atoms with Gasteiger partial charge in [0.05, 0.1) is 26.7 Å². The number of nitrogens with one attached hydrogen (secondary N) is 2. The SMILES string of the molecule is CO[C@@H]1CN(C(=O)Nc2ccc(-n3ccccc3=O)cc2F)C[C@H]1CNC(=O)c1ccc(Cl)s1. The number of anilines is 1. The van der Waals surface area contributed by atoms with Crippen molar-refractivity contribution >= 4 is 40.6 Å². The van der Waals surface area contributed by atoms with Crippen molar-refractivity contribution in [3.05, 3.63) is 80.1 Å². The van der Waals surface area contributed by atoms with Gasteiger partial charge in [-0.05, 0) is 30.3 Å². The average molecular weight is 505 g/mol. The maximum Gasteiger partial charge on any atom is 0.322 e. The number of urea groups is 1. The highest BCUT2D eigenvalue weighted by Gasteiger charge is 2.36. The Kier molecular flexibility index (Phi) is 7.30. The van der Waals surface area contributed by atoms with Gasteiger partial charge in [-0.2, -0.15) is 0 Å². The molecule has 8 nitrogen and oxygen atoms in total. The van der Waals surface area contributed by atoms with Crippen LogP contribution in [0.5, 0.6) is 0 Å². The zero-order valence-electron chi connectivity index (χ0n) is 18.2. The molecule has 0 aliphatic carbocycles. The van der Waals surface area contributed by atoms with Crippen LogP contribution in [0.2, 0.25) is 4.34 Å². The van der Waals surface area contributed by atoms with Gasteiger partial charge in [0.15, 0.2) is 0 Å². The van der Waals surface area contributed by atoms with Crippen molar-refractivity contribution < 1.29 is 18.7 Å². The van der Waals surface area contributed by atoms with Gasteiger partial charge in [0.1, 0.15) is 5.82 Å². The minimum atomic E-state index is -0.664. The molecular weight excluding hydrogens is 483 g/mol. The van der Waals surface area contributed by atoms with E-state index in [9.17, 15) is 18.8 Å². The molecule has 3 heterocycles. The summed E-state index contributed by atoms with van der Waals surface area (Å²) in [5, 5.41) is 5.42. The molecule has 11 heteroatoms. The zero-order valence-corrected chi connectivity index (χ0v) is 19.7. The number of benzene rings is 1. The number of aromatic nitrogens is 1. The van der Waals surface area contributed by atoms with E-state index in [0.717, 1.165) is 0 Å². The fourth-order valence-corrected chi connectivity index (χ4v) is 4.77. The van der Waals surface area contributed by atoms with Crippen molar-refractivity contribution in [3.8, 4) is 5.69 Å². The van der Waals surface area contributed by atoms with Gasteiger partial charge >= 0.3 is 6.03 Å². The van der Waals surface area contributed by atoms with Crippen molar-refractivity contribution in [2.45, 2.75) is 6.10 Å². The Bertz CT molecular complexity index is 1260. The number of thiophene rings is 1. The van der Waals surface area contributed by atoms with Crippen LogP contribution in [0.1, 0.15) is 9.67 Å². The molecule has 1 aliphatic heterocycles. The van der Waals surface area contributed by atoms with E-state index in [-0.39, 0.29) is 29.2 Å². The van der Waals surface area contributed by atoms with E-state index < -0.39 is 11.8 Å². The summed E-state index contributed by atoms with van der Waals surface area (Å²) >= 11 is 7.07. The second kappa shape index (κ2) is 10.4. The van der Waals surface area contributed by atoms with Crippen LogP contribution in [0.3, 0.4) is 0 Å². The van der Waals surface area contributed by atoms with Crippen LogP contribution >= 0.6 is 22.9 Å². The van der Waals surface area contributed by atoms with E-state index in [1.807, 2.05) is 0 Å². The third-order valence-electron chi connectivity index (χ3n) is 5.59. The Morgan fingerprint density at radius 2 is 2.03 bits per heavy atom. The molecule has 2 aromatic heterocycles. The lowest BCUT2D eigenvalue weighted by atomic mass is 10.1. The van der Waals surface area contributed by atoms with E-state index in [1.54, 1.807) is 37.4 Å². The summed E-state index contributed by atoms with van der Waals surface area (Å²) in [6, 6.07) is 11.6. The third-order valence-corrected chi connectivity index (χ3v) is 6.82. The number of rotatable bonds is 6. The Morgan fingerprint density at radius 1 is 1.21 bits per heavy atom. The predicted molar refractivity (Wildman–Crippen MR) is 129 cm³/mol. The normalized spacial score (nSPS) is 17.6. The molecule has 2 atom stereocenters. The summed E-state index contributed by atoms with van der Waals surface area (Å²) in [4.78, 5) is 39.1. The molecule has 0 unspecified atom stereocenters. The number of hydrogen-bond donors (Lipinski definition) is 2. The van der Waals surface area contributed by atoms with Crippen LogP contribution in [0.25, 0.3) is 5.69 Å². The second-order valence-corrected chi connectivity index (χ2v) is 9.47. The Balaban J connectivity index is 1.38. The monoisotopic (exact) mass is 504 g/mol. The van der Waals surface area contributed by atoms with Crippen LogP contribution < -0.4 is 16.2 Å². The molecule has 178 valence electrons. The second-order valence-electron chi connectivity index (χ2n) is 7.76. The van der Waals surface area contributed by atoms with Gasteiger partial charge in [0.25, 0.3) is 11.5 Å². The molecule has 1 aromatic carbocycles. The number of hydrogen-bond acceptors (Lipinski definition) is 5. The summed E-state index contributed by atoms with van der Waals surface area (Å²) in [6.45, 7) is 0.938. The van der Waals surface area contributed by atoms with Gasteiger partial charge in [0.2, 0.25) is 0 Å². The molecule has 0 radical (unpaired) electrons. The predicted octanol–water partition coefficient (Wildman–Crippen LogP) is 3.60. The number of halogens is 2. The van der Waals surface area contributed by atoms with Crippen molar-refractivity contribution in [3.63, 3.8) is 0 Å². The first-order valence-electron chi connectivity index (χ1n) is 10.5. The number of ether oxygens (including phenoxy) is 1.